The number of urea groups is 1. The van der Waals surface area contributed by atoms with Crippen molar-refractivity contribution in [2.24, 2.45) is 0 Å². The molecule has 1 aromatic heterocycles. The highest BCUT2D eigenvalue weighted by Crippen LogP contribution is 2.34. The van der Waals surface area contributed by atoms with Crippen LogP contribution in [0.3, 0.4) is 0 Å². The van der Waals surface area contributed by atoms with E-state index < -0.39 is 0 Å². The Hall–Kier alpha value is -2.74. The molecule has 1 atom stereocenters. The molecule has 1 N–H and O–H groups in total. The maximum atomic E-state index is 12.6. The van der Waals surface area contributed by atoms with Crippen LogP contribution < -0.4 is 14.8 Å². The van der Waals surface area contributed by atoms with Gasteiger partial charge < -0.3 is 24.1 Å². The van der Waals surface area contributed by atoms with E-state index in [0.29, 0.717) is 19.6 Å². The van der Waals surface area contributed by atoms with Gasteiger partial charge in [-0.3, -0.25) is 4.90 Å². The van der Waals surface area contributed by atoms with Crippen molar-refractivity contribution >= 4 is 6.03 Å². The molecule has 8 nitrogen and oxygen atoms in total. The first-order chi connectivity index (χ1) is 13.5. The van der Waals surface area contributed by atoms with Crippen molar-refractivity contribution < 1.29 is 18.7 Å². The number of hydrogen-bond acceptors (Lipinski definition) is 6. The number of nitrogens with zero attached hydrogens (tertiary/aromatic N) is 3. The number of piperazine rings is 1. The highest BCUT2D eigenvalue weighted by molar-refractivity contribution is 5.75. The van der Waals surface area contributed by atoms with Gasteiger partial charge in [-0.1, -0.05) is 6.07 Å². The standard InChI is InChI=1S/C20H26N4O4/c1-13-15(3)28-19(21-13)11-23-6-8-24(9-7-23)20(25)22-14(2)16-4-5-17-18(10-16)27-12-26-17/h4-5,10,14H,6-9,11-12H2,1-3H3,(H,22,25). The molecular weight excluding hydrogens is 360 g/mol. The summed E-state index contributed by atoms with van der Waals surface area (Å²) in [5.41, 5.74) is 1.93. The molecule has 1 unspecified atom stereocenters. The van der Waals surface area contributed by atoms with Gasteiger partial charge in [0.15, 0.2) is 11.5 Å². The van der Waals surface area contributed by atoms with Crippen molar-refractivity contribution in [1.82, 2.24) is 20.1 Å². The van der Waals surface area contributed by atoms with Crippen molar-refractivity contribution in [3.63, 3.8) is 0 Å². The summed E-state index contributed by atoms with van der Waals surface area (Å²) in [7, 11) is 0. The average molecular weight is 386 g/mol. The third kappa shape index (κ3) is 3.91. The van der Waals surface area contributed by atoms with E-state index in [-0.39, 0.29) is 18.9 Å². The van der Waals surface area contributed by atoms with Crippen LogP contribution in [0.5, 0.6) is 11.5 Å². The Morgan fingerprint density at radius 2 is 1.93 bits per heavy atom. The summed E-state index contributed by atoms with van der Waals surface area (Å²) >= 11 is 0. The topological polar surface area (TPSA) is 80.1 Å². The molecule has 2 aliphatic rings. The van der Waals surface area contributed by atoms with Gasteiger partial charge >= 0.3 is 6.03 Å². The monoisotopic (exact) mass is 386 g/mol. The highest BCUT2D eigenvalue weighted by atomic mass is 16.7. The summed E-state index contributed by atoms with van der Waals surface area (Å²) in [5.74, 6) is 3.08. The SMILES string of the molecule is Cc1nc(CN2CCN(C(=O)NC(C)c3ccc4c(c3)OCO4)CC2)oc1C. The summed E-state index contributed by atoms with van der Waals surface area (Å²) in [6, 6.07) is 5.60. The molecule has 0 radical (unpaired) electrons. The largest absolute Gasteiger partial charge is 0.454 e. The third-order valence-corrected chi connectivity index (χ3v) is 5.33. The number of oxazole rings is 1. The summed E-state index contributed by atoms with van der Waals surface area (Å²) in [6.45, 7) is 9.73. The lowest BCUT2D eigenvalue weighted by Crippen LogP contribution is -2.51. The Bertz CT molecular complexity index is 838. The number of hydrogen-bond donors (Lipinski definition) is 1. The molecule has 28 heavy (non-hydrogen) atoms. The first kappa shape index (κ1) is 18.6. The number of amides is 2. The molecule has 3 heterocycles. The van der Waals surface area contributed by atoms with Crippen molar-refractivity contribution in [3.8, 4) is 11.5 Å². The number of rotatable bonds is 4. The van der Waals surface area contributed by atoms with Crippen LogP contribution in [0, 0.1) is 13.8 Å². The Labute approximate surface area is 164 Å². The molecule has 2 amide bonds. The van der Waals surface area contributed by atoms with Crippen LogP contribution in [-0.2, 0) is 6.54 Å². The van der Waals surface area contributed by atoms with Gasteiger partial charge in [0, 0.05) is 26.2 Å². The minimum atomic E-state index is -0.113. The van der Waals surface area contributed by atoms with Gasteiger partial charge in [0.05, 0.1) is 18.3 Å². The van der Waals surface area contributed by atoms with Gasteiger partial charge in [-0.25, -0.2) is 9.78 Å². The number of aromatic nitrogens is 1. The fraction of sp³-hybridized carbons (Fsp3) is 0.500. The lowest BCUT2D eigenvalue weighted by Gasteiger charge is -2.34. The van der Waals surface area contributed by atoms with E-state index in [2.05, 4.69) is 15.2 Å². The minimum Gasteiger partial charge on any atom is -0.454 e. The first-order valence-electron chi connectivity index (χ1n) is 9.60. The lowest BCUT2D eigenvalue weighted by atomic mass is 10.1. The zero-order valence-electron chi connectivity index (χ0n) is 16.5. The summed E-state index contributed by atoms with van der Waals surface area (Å²) < 4.78 is 16.4. The molecule has 0 spiro atoms. The quantitative estimate of drug-likeness (QED) is 0.870. The predicted octanol–water partition coefficient (Wildman–Crippen LogP) is 2.61. The summed E-state index contributed by atoms with van der Waals surface area (Å²) in [6.07, 6.45) is 0. The maximum Gasteiger partial charge on any atom is 0.317 e. The third-order valence-electron chi connectivity index (χ3n) is 5.33. The van der Waals surface area contributed by atoms with Crippen LogP contribution in [-0.4, -0.2) is 53.8 Å². The van der Waals surface area contributed by atoms with E-state index in [1.807, 2.05) is 43.9 Å². The predicted molar refractivity (Wildman–Crippen MR) is 102 cm³/mol. The second kappa shape index (κ2) is 7.71. The zero-order chi connectivity index (χ0) is 19.7. The van der Waals surface area contributed by atoms with Crippen molar-refractivity contribution in [2.45, 2.75) is 33.4 Å². The molecule has 1 aromatic carbocycles. The zero-order valence-corrected chi connectivity index (χ0v) is 16.5. The van der Waals surface area contributed by atoms with Crippen LogP contribution in [0.4, 0.5) is 4.79 Å². The van der Waals surface area contributed by atoms with Gasteiger partial charge in [0.25, 0.3) is 0 Å². The van der Waals surface area contributed by atoms with Gasteiger partial charge in [-0.15, -0.1) is 0 Å². The number of aryl methyl sites for hydroxylation is 2. The Morgan fingerprint density at radius 1 is 1.18 bits per heavy atom. The minimum absolute atomic E-state index is 0.0485. The molecule has 0 bridgehead atoms. The van der Waals surface area contributed by atoms with Gasteiger partial charge in [0.1, 0.15) is 5.76 Å². The van der Waals surface area contributed by atoms with E-state index in [4.69, 9.17) is 13.9 Å². The average Bonchev–Trinajstić information content (AvgIpc) is 3.27. The molecule has 1 fully saturated rings. The van der Waals surface area contributed by atoms with Crippen LogP contribution >= 0.6 is 0 Å². The Kier molecular flexibility index (Phi) is 5.13. The molecule has 2 aliphatic heterocycles. The fourth-order valence-electron chi connectivity index (χ4n) is 3.45. The van der Waals surface area contributed by atoms with Crippen molar-refractivity contribution in [1.29, 1.82) is 0 Å². The van der Waals surface area contributed by atoms with E-state index in [9.17, 15) is 4.79 Å². The highest BCUT2D eigenvalue weighted by Gasteiger charge is 2.24. The molecule has 0 aliphatic carbocycles. The fourth-order valence-corrected chi connectivity index (χ4v) is 3.45. The normalized spacial score (nSPS) is 17.6. The van der Waals surface area contributed by atoms with E-state index in [1.54, 1.807) is 0 Å². The molecule has 2 aromatic rings. The molecule has 4 rings (SSSR count). The number of fused-ring (bicyclic) bond motifs is 1. The molecule has 1 saturated heterocycles. The number of nitrogens with one attached hydrogen (secondary N) is 1. The van der Waals surface area contributed by atoms with Crippen LogP contribution in [0.1, 0.15) is 35.9 Å². The van der Waals surface area contributed by atoms with Gasteiger partial charge in [-0.2, -0.15) is 0 Å². The van der Waals surface area contributed by atoms with Crippen LogP contribution in [0.15, 0.2) is 22.6 Å². The second-order valence-electron chi connectivity index (χ2n) is 7.30. The van der Waals surface area contributed by atoms with E-state index in [0.717, 1.165) is 47.5 Å². The Morgan fingerprint density at radius 3 is 2.64 bits per heavy atom. The van der Waals surface area contributed by atoms with Crippen molar-refractivity contribution in [3.05, 3.63) is 41.1 Å². The Balaban J connectivity index is 1.28. The van der Waals surface area contributed by atoms with Crippen LogP contribution in [0.2, 0.25) is 0 Å². The summed E-state index contributed by atoms with van der Waals surface area (Å²) in [5, 5.41) is 3.07. The smallest absolute Gasteiger partial charge is 0.317 e. The van der Waals surface area contributed by atoms with Crippen molar-refractivity contribution in [2.75, 3.05) is 33.0 Å². The molecule has 0 saturated carbocycles. The van der Waals surface area contributed by atoms with E-state index >= 15 is 0 Å². The van der Waals surface area contributed by atoms with Gasteiger partial charge in [0.2, 0.25) is 12.7 Å². The molecule has 150 valence electrons. The molecule has 8 heteroatoms. The molecular formula is C20H26N4O4. The maximum absolute atomic E-state index is 12.6. The second-order valence-corrected chi connectivity index (χ2v) is 7.30. The van der Waals surface area contributed by atoms with Gasteiger partial charge in [-0.05, 0) is 38.5 Å². The van der Waals surface area contributed by atoms with Crippen LogP contribution in [0.25, 0.3) is 0 Å². The number of carbonyl (C=O) groups excluding carboxylic acids is 1. The number of benzene rings is 1. The summed E-state index contributed by atoms with van der Waals surface area (Å²) in [4.78, 5) is 21.2. The lowest BCUT2D eigenvalue weighted by molar-refractivity contribution is 0.127. The van der Waals surface area contributed by atoms with E-state index in [1.165, 1.54) is 0 Å². The number of carbonyl (C=O) groups is 1. The number of ether oxygens (including phenoxy) is 2. The first-order valence-corrected chi connectivity index (χ1v) is 9.60.